The monoisotopic (exact) mass is 429 g/mol. The van der Waals surface area contributed by atoms with Gasteiger partial charge in [-0.1, -0.05) is 24.3 Å². The minimum absolute atomic E-state index is 0.0852. The van der Waals surface area contributed by atoms with Gasteiger partial charge in [0.25, 0.3) is 0 Å². The molecule has 2 aromatic rings. The molecule has 9 heteroatoms. The summed E-state index contributed by atoms with van der Waals surface area (Å²) in [5.41, 5.74) is 8.76. The fraction of sp³-hybridized carbons (Fsp3) is 0.476. The van der Waals surface area contributed by atoms with Crippen LogP contribution in [0.25, 0.3) is 0 Å². The van der Waals surface area contributed by atoms with Crippen molar-refractivity contribution in [2.24, 2.45) is 16.0 Å². The van der Waals surface area contributed by atoms with Crippen LogP contribution >= 0.6 is 0 Å². The molecule has 0 atom stereocenters. The lowest BCUT2D eigenvalue weighted by Crippen LogP contribution is -2.41. The molecule has 4 N–H and O–H groups in total. The quantitative estimate of drug-likeness (QED) is 0.767. The van der Waals surface area contributed by atoms with Crippen LogP contribution in [0.1, 0.15) is 56.6 Å². The number of aliphatic imine (C=N–C) groups is 1. The Balaban J connectivity index is 1.52. The third-order valence-electron chi connectivity index (χ3n) is 5.93. The molecule has 1 saturated carbocycles. The number of hydrogen-bond acceptors (Lipinski definition) is 7. The summed E-state index contributed by atoms with van der Waals surface area (Å²) in [5.74, 6) is 1.36. The molecule has 1 aliphatic carbocycles. The van der Waals surface area contributed by atoms with Gasteiger partial charge in [-0.15, -0.1) is 0 Å². The molecule has 0 bridgehead atoms. The van der Waals surface area contributed by atoms with Gasteiger partial charge in [0.2, 0.25) is 15.9 Å². The maximum atomic E-state index is 11.3. The first-order chi connectivity index (χ1) is 14.1. The Morgan fingerprint density at radius 2 is 1.77 bits per heavy atom. The Morgan fingerprint density at radius 3 is 2.40 bits per heavy atom. The summed E-state index contributed by atoms with van der Waals surface area (Å²) in [6, 6.07) is 8.36. The lowest BCUT2D eigenvalue weighted by molar-refractivity contribution is 0.171. The second kappa shape index (κ2) is 7.63. The van der Waals surface area contributed by atoms with Crippen molar-refractivity contribution < 1.29 is 13.2 Å². The first-order valence-electron chi connectivity index (χ1n) is 10.1. The zero-order valence-corrected chi connectivity index (χ0v) is 18.0. The molecule has 0 spiro atoms. The van der Waals surface area contributed by atoms with Gasteiger partial charge in [-0.05, 0) is 56.9 Å². The molecule has 8 nitrogen and oxygen atoms in total. The van der Waals surface area contributed by atoms with E-state index in [0.29, 0.717) is 23.3 Å². The van der Waals surface area contributed by atoms with Crippen LogP contribution in [0.5, 0.6) is 5.88 Å². The van der Waals surface area contributed by atoms with Crippen LogP contribution in [-0.2, 0) is 10.0 Å². The Kier molecular flexibility index (Phi) is 5.27. The number of anilines is 1. The number of hydrogen-bond donors (Lipinski definition) is 2. The molecule has 0 amide bonds. The molecule has 1 aromatic carbocycles. The average Bonchev–Trinajstić information content (AvgIpc) is 2.67. The lowest BCUT2D eigenvalue weighted by Gasteiger charge is -2.32. The molecule has 0 saturated heterocycles. The van der Waals surface area contributed by atoms with Crippen molar-refractivity contribution in [3.63, 3.8) is 0 Å². The number of primary sulfonamides is 1. The fourth-order valence-electron chi connectivity index (χ4n) is 4.41. The smallest absolute Gasteiger partial charge is 0.246 e. The molecule has 1 aliphatic heterocycles. The van der Waals surface area contributed by atoms with Crippen molar-refractivity contribution in [1.82, 2.24) is 9.97 Å². The molecule has 4 rings (SSSR count). The summed E-state index contributed by atoms with van der Waals surface area (Å²) >= 11 is 0. The summed E-state index contributed by atoms with van der Waals surface area (Å²) < 4.78 is 28.7. The molecule has 1 aromatic heterocycles. The normalized spacial score (nSPS) is 23.2. The highest BCUT2D eigenvalue weighted by molar-refractivity contribution is 7.89. The Bertz CT molecular complexity index is 1070. The maximum Gasteiger partial charge on any atom is 0.246 e. The molecule has 30 heavy (non-hydrogen) atoms. The van der Waals surface area contributed by atoms with Crippen LogP contribution in [0.2, 0.25) is 0 Å². The van der Waals surface area contributed by atoms with Crippen LogP contribution in [0.15, 0.2) is 35.6 Å². The Hall–Kier alpha value is -2.52. The highest BCUT2D eigenvalue weighted by Gasteiger charge is 2.35. The third kappa shape index (κ3) is 4.32. The average molecular weight is 430 g/mol. The maximum absolute atomic E-state index is 11.3. The molecule has 160 valence electrons. The number of benzene rings is 1. The molecular formula is C21H27N5O3S. The molecule has 2 heterocycles. The number of ether oxygens (including phenoxy) is 1. The predicted molar refractivity (Wildman–Crippen MR) is 116 cm³/mol. The fourth-order valence-corrected chi connectivity index (χ4v) is 5.40. The van der Waals surface area contributed by atoms with E-state index in [2.05, 4.69) is 34.2 Å². The molecule has 1 fully saturated rings. The third-order valence-corrected chi connectivity index (χ3v) is 6.87. The van der Waals surface area contributed by atoms with Gasteiger partial charge in [0.05, 0.1) is 11.5 Å². The number of fused-ring (bicyclic) bond motifs is 1. The first-order valence-corrected chi connectivity index (χ1v) is 11.8. The Morgan fingerprint density at radius 1 is 1.10 bits per heavy atom. The molecule has 0 radical (unpaired) electrons. The van der Waals surface area contributed by atoms with Crippen molar-refractivity contribution >= 4 is 27.2 Å². The highest BCUT2D eigenvalue weighted by atomic mass is 32.2. The van der Waals surface area contributed by atoms with E-state index in [1.54, 1.807) is 0 Å². The zero-order chi connectivity index (χ0) is 21.5. The van der Waals surface area contributed by atoms with E-state index < -0.39 is 15.6 Å². The van der Waals surface area contributed by atoms with Crippen molar-refractivity contribution in [2.75, 3.05) is 11.5 Å². The van der Waals surface area contributed by atoms with E-state index in [4.69, 9.17) is 20.6 Å². The van der Waals surface area contributed by atoms with E-state index in [0.717, 1.165) is 37.0 Å². The van der Waals surface area contributed by atoms with Crippen LogP contribution in [-0.4, -0.2) is 35.5 Å². The number of sulfonamides is 1. The highest BCUT2D eigenvalue weighted by Crippen LogP contribution is 2.40. The van der Waals surface area contributed by atoms with E-state index in [1.807, 2.05) is 13.8 Å². The summed E-state index contributed by atoms with van der Waals surface area (Å²) in [6.07, 6.45) is 5.07. The lowest BCUT2D eigenvalue weighted by atomic mass is 9.79. The van der Waals surface area contributed by atoms with E-state index in [1.165, 1.54) is 11.9 Å². The number of rotatable bonds is 4. The van der Waals surface area contributed by atoms with Gasteiger partial charge in [0.1, 0.15) is 11.9 Å². The largest absolute Gasteiger partial charge is 0.463 e. The summed E-state index contributed by atoms with van der Waals surface area (Å²) in [5, 5.41) is 5.20. The zero-order valence-electron chi connectivity index (χ0n) is 17.2. The minimum atomic E-state index is -3.40. The minimum Gasteiger partial charge on any atom is -0.463 e. The first kappa shape index (κ1) is 20.7. The number of nitrogens with two attached hydrogens (primary N) is 2. The van der Waals surface area contributed by atoms with E-state index in [9.17, 15) is 8.42 Å². The van der Waals surface area contributed by atoms with Crippen LogP contribution in [0, 0.1) is 5.92 Å². The molecule has 0 unspecified atom stereocenters. The summed E-state index contributed by atoms with van der Waals surface area (Å²) in [6.45, 7) is 3.90. The van der Waals surface area contributed by atoms with Crippen LogP contribution in [0.3, 0.4) is 0 Å². The van der Waals surface area contributed by atoms with Gasteiger partial charge >= 0.3 is 0 Å². The number of nitrogens with zero attached hydrogens (tertiary/aromatic N) is 3. The SMILES string of the molecule is CC1(C)Oc2ncnc(N)c2N=C1c1ccc(C2CCC(CS(N)(=O)=O)CC2)cc1. The standard InChI is InChI=1S/C21H27N5O3S/c1-21(2)18(26-17-19(22)24-12-25-20(17)29-21)16-9-7-15(8-10-16)14-5-3-13(4-6-14)11-30(23,27)28/h7-10,12-14H,3-6,11H2,1-2H3,(H2,22,24,25)(H2,23,27,28). The van der Waals surface area contributed by atoms with Gasteiger partial charge in [0, 0.05) is 5.56 Å². The van der Waals surface area contributed by atoms with Gasteiger partial charge < -0.3 is 10.5 Å². The molecule has 2 aliphatic rings. The number of aromatic nitrogens is 2. The predicted octanol–water partition coefficient (Wildman–Crippen LogP) is 2.91. The van der Waals surface area contributed by atoms with Crippen molar-refractivity contribution in [2.45, 2.75) is 51.0 Å². The van der Waals surface area contributed by atoms with Crippen molar-refractivity contribution in [1.29, 1.82) is 0 Å². The topological polar surface area (TPSA) is 134 Å². The second-order valence-corrected chi connectivity index (χ2v) is 10.3. The Labute approximate surface area is 176 Å². The van der Waals surface area contributed by atoms with Gasteiger partial charge in [-0.25, -0.2) is 23.5 Å². The molecular weight excluding hydrogens is 402 g/mol. The van der Waals surface area contributed by atoms with Gasteiger partial charge in [-0.2, -0.15) is 4.98 Å². The van der Waals surface area contributed by atoms with Crippen LogP contribution in [0.4, 0.5) is 11.5 Å². The van der Waals surface area contributed by atoms with Crippen LogP contribution < -0.4 is 15.6 Å². The van der Waals surface area contributed by atoms with Gasteiger partial charge in [0.15, 0.2) is 11.5 Å². The van der Waals surface area contributed by atoms with E-state index in [-0.39, 0.29) is 11.7 Å². The van der Waals surface area contributed by atoms with Gasteiger partial charge in [-0.3, -0.25) is 0 Å². The summed E-state index contributed by atoms with van der Waals surface area (Å²) in [4.78, 5) is 12.9. The van der Waals surface area contributed by atoms with Crippen molar-refractivity contribution in [3.8, 4) is 5.88 Å². The second-order valence-electron chi connectivity index (χ2n) is 8.65. The summed E-state index contributed by atoms with van der Waals surface area (Å²) in [7, 11) is -3.40. The number of nitrogen functional groups attached to an aromatic ring is 1. The van der Waals surface area contributed by atoms with Crippen molar-refractivity contribution in [3.05, 3.63) is 41.7 Å². The van der Waals surface area contributed by atoms with E-state index >= 15 is 0 Å².